The van der Waals surface area contributed by atoms with Crippen LogP contribution in [0, 0.1) is 5.82 Å². The molecule has 0 aliphatic carbocycles. The molecular weight excluding hydrogens is 317 g/mol. The quantitative estimate of drug-likeness (QED) is 0.938. The number of carboxylic acids is 1. The molecule has 0 unspecified atom stereocenters. The molecule has 0 aliphatic heterocycles. The molecule has 6 heteroatoms. The van der Waals surface area contributed by atoms with E-state index in [1.807, 2.05) is 0 Å². The first-order valence-corrected chi connectivity index (χ1v) is 6.22. The van der Waals surface area contributed by atoms with Crippen LogP contribution in [0.5, 0.6) is 5.75 Å². The first kappa shape index (κ1) is 13.6. The van der Waals surface area contributed by atoms with Crippen LogP contribution >= 0.6 is 15.9 Å². The lowest BCUT2D eigenvalue weighted by atomic mass is 10.2. The van der Waals surface area contributed by atoms with Crippen LogP contribution in [0.2, 0.25) is 0 Å². The van der Waals surface area contributed by atoms with Gasteiger partial charge in [0.05, 0.1) is 17.3 Å². The van der Waals surface area contributed by atoms with E-state index in [0.29, 0.717) is 16.7 Å². The van der Waals surface area contributed by atoms with Crippen molar-refractivity contribution < 1.29 is 19.0 Å². The number of carbonyl (C=O) groups is 1. The molecule has 0 spiro atoms. The van der Waals surface area contributed by atoms with Crippen molar-refractivity contribution in [3.63, 3.8) is 0 Å². The molecule has 0 saturated carbocycles. The van der Waals surface area contributed by atoms with Crippen molar-refractivity contribution in [1.29, 1.82) is 0 Å². The molecule has 1 N–H and O–H groups in total. The smallest absolute Gasteiger partial charge is 0.337 e. The van der Waals surface area contributed by atoms with Crippen molar-refractivity contribution in [2.24, 2.45) is 0 Å². The number of methoxy groups -OCH3 is 1. The van der Waals surface area contributed by atoms with E-state index in [1.54, 1.807) is 16.7 Å². The van der Waals surface area contributed by atoms with Gasteiger partial charge in [-0.25, -0.2) is 9.18 Å². The van der Waals surface area contributed by atoms with Crippen LogP contribution < -0.4 is 4.74 Å². The van der Waals surface area contributed by atoms with Gasteiger partial charge in [-0.05, 0) is 39.7 Å². The largest absolute Gasteiger partial charge is 0.494 e. The van der Waals surface area contributed by atoms with E-state index in [-0.39, 0.29) is 11.3 Å². The Kier molecular flexibility index (Phi) is 3.90. The monoisotopic (exact) mass is 327 g/mol. The zero-order chi connectivity index (χ0) is 14.0. The molecular formula is C13H11BrFNO3. The van der Waals surface area contributed by atoms with Gasteiger partial charge < -0.3 is 14.4 Å². The third-order valence-electron chi connectivity index (χ3n) is 2.66. The van der Waals surface area contributed by atoms with Gasteiger partial charge in [0.25, 0.3) is 0 Å². The second kappa shape index (κ2) is 5.44. The number of nitrogens with zero attached hydrogens (tertiary/aromatic N) is 1. The second-order valence-corrected chi connectivity index (χ2v) is 4.77. The summed E-state index contributed by atoms with van der Waals surface area (Å²) in [6, 6.07) is 6.14. The van der Waals surface area contributed by atoms with Gasteiger partial charge in [-0.15, -0.1) is 0 Å². The van der Waals surface area contributed by atoms with Gasteiger partial charge in [0.1, 0.15) is 0 Å². The number of rotatable bonds is 4. The lowest BCUT2D eigenvalue weighted by Gasteiger charge is -2.07. The molecule has 0 fully saturated rings. The van der Waals surface area contributed by atoms with Crippen molar-refractivity contribution >= 4 is 21.9 Å². The van der Waals surface area contributed by atoms with E-state index in [0.717, 1.165) is 0 Å². The van der Waals surface area contributed by atoms with Crippen LogP contribution in [0.4, 0.5) is 4.39 Å². The van der Waals surface area contributed by atoms with Crippen LogP contribution in [0.1, 0.15) is 15.9 Å². The molecule has 0 amide bonds. The summed E-state index contributed by atoms with van der Waals surface area (Å²) in [6.45, 7) is 0.370. The fourth-order valence-corrected chi connectivity index (χ4v) is 2.20. The van der Waals surface area contributed by atoms with E-state index >= 15 is 0 Å². The number of hydrogen-bond acceptors (Lipinski definition) is 2. The van der Waals surface area contributed by atoms with Gasteiger partial charge in [0.15, 0.2) is 11.6 Å². The molecule has 0 aliphatic rings. The highest BCUT2D eigenvalue weighted by atomic mass is 79.9. The van der Waals surface area contributed by atoms with Crippen molar-refractivity contribution in [1.82, 2.24) is 4.57 Å². The van der Waals surface area contributed by atoms with E-state index in [4.69, 9.17) is 9.84 Å². The summed E-state index contributed by atoms with van der Waals surface area (Å²) in [7, 11) is 1.40. The number of ether oxygens (including phenoxy) is 1. The maximum atomic E-state index is 13.5. The minimum atomic E-state index is -1.000. The van der Waals surface area contributed by atoms with E-state index in [2.05, 4.69) is 15.9 Å². The summed E-state index contributed by atoms with van der Waals surface area (Å²) < 4.78 is 20.7. The Morgan fingerprint density at radius 3 is 2.74 bits per heavy atom. The lowest BCUT2D eigenvalue weighted by molar-refractivity contribution is 0.0697. The Balaban J connectivity index is 2.26. The first-order chi connectivity index (χ1) is 9.01. The fraction of sp³-hybridized carbons (Fsp3) is 0.154. The second-order valence-electron chi connectivity index (χ2n) is 3.95. The Labute approximate surface area is 117 Å². The van der Waals surface area contributed by atoms with Crippen molar-refractivity contribution in [2.75, 3.05) is 7.11 Å². The summed E-state index contributed by atoms with van der Waals surface area (Å²) in [5.41, 5.74) is 0.896. The van der Waals surface area contributed by atoms with Crippen LogP contribution in [-0.2, 0) is 6.54 Å². The molecule has 0 radical (unpaired) electrons. The molecule has 0 saturated heterocycles. The summed E-state index contributed by atoms with van der Waals surface area (Å²) in [4.78, 5) is 10.8. The maximum Gasteiger partial charge on any atom is 0.337 e. The van der Waals surface area contributed by atoms with E-state index < -0.39 is 11.8 Å². The van der Waals surface area contributed by atoms with Gasteiger partial charge in [0.2, 0.25) is 0 Å². The topological polar surface area (TPSA) is 51.5 Å². The minimum absolute atomic E-state index is 0.181. The summed E-state index contributed by atoms with van der Waals surface area (Å²) >= 11 is 3.27. The van der Waals surface area contributed by atoms with Crippen LogP contribution in [0.3, 0.4) is 0 Å². The molecule has 1 heterocycles. The molecule has 1 aromatic heterocycles. The highest BCUT2D eigenvalue weighted by molar-refractivity contribution is 9.10. The van der Waals surface area contributed by atoms with Gasteiger partial charge in [-0.3, -0.25) is 0 Å². The molecule has 2 aromatic rings. The fourth-order valence-electron chi connectivity index (χ4n) is 1.72. The van der Waals surface area contributed by atoms with Crippen molar-refractivity contribution in [2.45, 2.75) is 6.54 Å². The molecule has 1 aromatic carbocycles. The normalized spacial score (nSPS) is 10.5. The molecule has 19 heavy (non-hydrogen) atoms. The zero-order valence-electron chi connectivity index (χ0n) is 10.1. The molecule has 2 rings (SSSR count). The maximum absolute atomic E-state index is 13.5. The average molecular weight is 328 g/mol. The Morgan fingerprint density at radius 1 is 1.47 bits per heavy atom. The predicted molar refractivity (Wildman–Crippen MR) is 71.1 cm³/mol. The minimum Gasteiger partial charge on any atom is -0.494 e. The van der Waals surface area contributed by atoms with E-state index in [1.165, 1.54) is 25.4 Å². The highest BCUT2D eigenvalue weighted by Crippen LogP contribution is 2.21. The number of benzene rings is 1. The molecule has 0 atom stereocenters. The average Bonchev–Trinajstić information content (AvgIpc) is 2.71. The van der Waals surface area contributed by atoms with Crippen molar-refractivity contribution in [3.05, 3.63) is 52.0 Å². The number of aromatic nitrogens is 1. The van der Waals surface area contributed by atoms with Gasteiger partial charge >= 0.3 is 5.97 Å². The van der Waals surface area contributed by atoms with Crippen molar-refractivity contribution in [3.8, 4) is 5.75 Å². The summed E-state index contributed by atoms with van der Waals surface area (Å²) in [6.07, 6.45) is 1.49. The molecule has 0 bridgehead atoms. The highest BCUT2D eigenvalue weighted by Gasteiger charge is 2.10. The Bertz CT molecular complexity index is 624. The lowest BCUT2D eigenvalue weighted by Crippen LogP contribution is -2.00. The third kappa shape index (κ3) is 2.96. The first-order valence-electron chi connectivity index (χ1n) is 5.42. The summed E-state index contributed by atoms with van der Waals surface area (Å²) in [5, 5.41) is 8.89. The third-order valence-corrected chi connectivity index (χ3v) is 3.34. The summed E-state index contributed by atoms with van der Waals surface area (Å²) in [5.74, 6) is -1.26. The van der Waals surface area contributed by atoms with Gasteiger partial charge in [-0.2, -0.15) is 0 Å². The number of halogens is 2. The zero-order valence-corrected chi connectivity index (χ0v) is 11.6. The van der Waals surface area contributed by atoms with Gasteiger partial charge in [0, 0.05) is 12.7 Å². The Morgan fingerprint density at radius 2 is 2.21 bits per heavy atom. The molecule has 100 valence electrons. The number of hydrogen-bond donors (Lipinski definition) is 1. The van der Waals surface area contributed by atoms with Crippen LogP contribution in [-0.4, -0.2) is 22.8 Å². The SMILES string of the molecule is COc1ccc(Cn2cc(C(=O)O)cc2Br)cc1F. The standard InChI is InChI=1S/C13H11BrFNO3/c1-19-11-3-2-8(4-10(11)15)6-16-7-9(13(17)18)5-12(16)14/h2-5,7H,6H2,1H3,(H,17,18). The van der Waals surface area contributed by atoms with Crippen LogP contribution in [0.15, 0.2) is 35.1 Å². The predicted octanol–water partition coefficient (Wildman–Crippen LogP) is 3.14. The van der Waals surface area contributed by atoms with Crippen LogP contribution in [0.25, 0.3) is 0 Å². The van der Waals surface area contributed by atoms with Gasteiger partial charge in [-0.1, -0.05) is 6.07 Å². The molecule has 4 nitrogen and oxygen atoms in total. The Hall–Kier alpha value is -1.82. The number of aromatic carboxylic acids is 1. The van der Waals surface area contributed by atoms with E-state index in [9.17, 15) is 9.18 Å². The number of carboxylic acid groups (broad SMARTS) is 1.